The molecule has 1 aliphatic rings. The van der Waals surface area contributed by atoms with Crippen molar-refractivity contribution in [2.45, 2.75) is 45.2 Å². The lowest BCUT2D eigenvalue weighted by molar-refractivity contribution is -0.125. The molecule has 0 aliphatic carbocycles. The molecule has 1 aliphatic heterocycles. The van der Waals surface area contributed by atoms with Gasteiger partial charge in [-0.15, -0.1) is 11.3 Å². The molecule has 9 nitrogen and oxygen atoms in total. The number of para-hydroxylation sites is 1. The molecule has 2 aromatic rings. The highest BCUT2D eigenvalue weighted by molar-refractivity contribution is 7.20. The second kappa shape index (κ2) is 9.86. The third-order valence-corrected chi connectivity index (χ3v) is 6.19. The molecule has 1 aromatic carbocycles. The maximum absolute atomic E-state index is 13.3. The molecule has 0 spiro atoms. The number of ketones is 1. The predicted octanol–water partition coefficient (Wildman–Crippen LogP) is 2.17. The van der Waals surface area contributed by atoms with Crippen molar-refractivity contribution < 1.29 is 24.3 Å². The van der Waals surface area contributed by atoms with E-state index in [1.54, 1.807) is 6.07 Å². The van der Waals surface area contributed by atoms with Crippen molar-refractivity contribution >= 4 is 45.2 Å². The third kappa shape index (κ3) is 5.78. The number of nitrogens with one attached hydrogen (secondary N) is 3. The zero-order chi connectivity index (χ0) is 22.5. The first-order valence-corrected chi connectivity index (χ1v) is 11.0. The highest BCUT2D eigenvalue weighted by Gasteiger charge is 2.34. The van der Waals surface area contributed by atoms with Crippen LogP contribution in [0.1, 0.15) is 42.9 Å². The number of fused-ring (bicyclic) bond motifs is 1. The van der Waals surface area contributed by atoms with Crippen LogP contribution in [0, 0.1) is 11.8 Å². The Bertz CT molecular complexity index is 956. The van der Waals surface area contributed by atoms with Gasteiger partial charge in [0.15, 0.2) is 5.01 Å². The Morgan fingerprint density at radius 2 is 1.97 bits per heavy atom. The molecular formula is C21H26N4O5S. The molecule has 3 atom stereocenters. The van der Waals surface area contributed by atoms with Crippen LogP contribution in [-0.2, 0) is 9.59 Å². The van der Waals surface area contributed by atoms with Crippen molar-refractivity contribution in [3.8, 4) is 0 Å². The van der Waals surface area contributed by atoms with Gasteiger partial charge in [0.05, 0.1) is 16.3 Å². The van der Waals surface area contributed by atoms with Gasteiger partial charge in [-0.25, -0.2) is 9.78 Å². The number of thiazole rings is 1. The molecule has 10 heteroatoms. The lowest BCUT2D eigenvalue weighted by atomic mass is 9.95. The van der Waals surface area contributed by atoms with Crippen LogP contribution < -0.4 is 16.0 Å². The average Bonchev–Trinajstić information content (AvgIpc) is 3.31. The van der Waals surface area contributed by atoms with Crippen molar-refractivity contribution in [3.05, 3.63) is 29.3 Å². The van der Waals surface area contributed by atoms with Crippen molar-refractivity contribution in [2.24, 2.45) is 11.8 Å². The second-order valence-corrected chi connectivity index (χ2v) is 9.09. The van der Waals surface area contributed by atoms with E-state index in [0.717, 1.165) is 4.70 Å². The largest absolute Gasteiger partial charge is 0.465 e. The molecule has 3 amide bonds. The second-order valence-electron chi connectivity index (χ2n) is 8.06. The SMILES string of the molecule is CC(C)C[C@H](NC(=O)O)C(=O)N[C@@H](C[C@@H]1CCNC1=O)C(=O)c1nc2ccccc2s1. The van der Waals surface area contributed by atoms with E-state index in [2.05, 4.69) is 20.9 Å². The lowest BCUT2D eigenvalue weighted by Crippen LogP contribution is -2.52. The highest BCUT2D eigenvalue weighted by atomic mass is 32.1. The number of hydrogen-bond donors (Lipinski definition) is 4. The van der Waals surface area contributed by atoms with Crippen LogP contribution in [0.15, 0.2) is 24.3 Å². The Hall–Kier alpha value is -3.01. The van der Waals surface area contributed by atoms with Crippen LogP contribution in [0.5, 0.6) is 0 Å². The molecular weight excluding hydrogens is 420 g/mol. The molecule has 0 bridgehead atoms. The van der Waals surface area contributed by atoms with Crippen LogP contribution in [0.2, 0.25) is 0 Å². The molecule has 1 aromatic heterocycles. The van der Waals surface area contributed by atoms with Gasteiger partial charge < -0.3 is 21.1 Å². The smallest absolute Gasteiger partial charge is 0.405 e. The Morgan fingerprint density at radius 3 is 2.58 bits per heavy atom. The fraction of sp³-hybridized carbons (Fsp3) is 0.476. The zero-order valence-corrected chi connectivity index (χ0v) is 18.2. The molecule has 1 saturated heterocycles. The minimum Gasteiger partial charge on any atom is -0.465 e. The van der Waals surface area contributed by atoms with E-state index in [4.69, 9.17) is 5.11 Å². The van der Waals surface area contributed by atoms with Crippen LogP contribution in [-0.4, -0.2) is 52.4 Å². The Morgan fingerprint density at radius 1 is 1.23 bits per heavy atom. The first-order valence-electron chi connectivity index (χ1n) is 10.2. The highest BCUT2D eigenvalue weighted by Crippen LogP contribution is 2.25. The normalized spacial score (nSPS) is 17.9. The summed E-state index contributed by atoms with van der Waals surface area (Å²) in [5.41, 5.74) is 0.685. The molecule has 3 rings (SSSR count). The fourth-order valence-corrected chi connectivity index (χ4v) is 4.60. The summed E-state index contributed by atoms with van der Waals surface area (Å²) in [5.74, 6) is -1.47. The average molecular weight is 447 g/mol. The molecule has 0 saturated carbocycles. The number of rotatable bonds is 9. The summed E-state index contributed by atoms with van der Waals surface area (Å²) < 4.78 is 0.847. The molecule has 0 unspecified atom stereocenters. The Labute approximate surface area is 183 Å². The van der Waals surface area contributed by atoms with Gasteiger partial charge in [-0.3, -0.25) is 14.4 Å². The number of carbonyl (C=O) groups is 4. The maximum atomic E-state index is 13.3. The van der Waals surface area contributed by atoms with Crippen LogP contribution in [0.25, 0.3) is 10.2 Å². The van der Waals surface area contributed by atoms with Gasteiger partial charge in [0.25, 0.3) is 0 Å². The van der Waals surface area contributed by atoms with E-state index >= 15 is 0 Å². The fourth-order valence-electron chi connectivity index (χ4n) is 3.64. The minimum atomic E-state index is -1.31. The van der Waals surface area contributed by atoms with Gasteiger partial charge in [-0.05, 0) is 37.3 Å². The monoisotopic (exact) mass is 446 g/mol. The molecule has 31 heavy (non-hydrogen) atoms. The first kappa shape index (κ1) is 22.7. The molecule has 4 N–H and O–H groups in total. The Balaban J connectivity index is 1.84. The van der Waals surface area contributed by atoms with E-state index in [1.165, 1.54) is 11.3 Å². The van der Waals surface area contributed by atoms with Crippen LogP contribution in [0.3, 0.4) is 0 Å². The van der Waals surface area contributed by atoms with Gasteiger partial charge in [-0.2, -0.15) is 0 Å². The number of aromatic nitrogens is 1. The molecule has 2 heterocycles. The Kier molecular flexibility index (Phi) is 7.21. The van der Waals surface area contributed by atoms with Crippen molar-refractivity contribution in [1.29, 1.82) is 0 Å². The number of Topliss-reactive ketones (excluding diaryl/α,β-unsaturated/α-hetero) is 1. The van der Waals surface area contributed by atoms with Gasteiger partial charge >= 0.3 is 6.09 Å². The van der Waals surface area contributed by atoms with E-state index in [0.29, 0.717) is 18.5 Å². The number of carboxylic acid groups (broad SMARTS) is 1. The van der Waals surface area contributed by atoms with Crippen molar-refractivity contribution in [2.75, 3.05) is 6.54 Å². The summed E-state index contributed by atoms with van der Waals surface area (Å²) in [7, 11) is 0. The van der Waals surface area contributed by atoms with Crippen LogP contribution in [0.4, 0.5) is 4.79 Å². The summed E-state index contributed by atoms with van der Waals surface area (Å²) in [6.45, 7) is 4.27. The molecule has 1 fully saturated rings. The topological polar surface area (TPSA) is 137 Å². The van der Waals surface area contributed by atoms with E-state index < -0.39 is 30.0 Å². The van der Waals surface area contributed by atoms with Gasteiger partial charge in [0.1, 0.15) is 6.04 Å². The number of benzene rings is 1. The first-order chi connectivity index (χ1) is 14.7. The summed E-state index contributed by atoms with van der Waals surface area (Å²) >= 11 is 1.23. The molecule has 0 radical (unpaired) electrons. The van der Waals surface area contributed by atoms with Gasteiger partial charge in [0.2, 0.25) is 17.6 Å². The van der Waals surface area contributed by atoms with E-state index in [-0.39, 0.29) is 35.5 Å². The summed E-state index contributed by atoms with van der Waals surface area (Å²) in [6, 6.07) is 5.36. The van der Waals surface area contributed by atoms with Crippen molar-refractivity contribution in [3.63, 3.8) is 0 Å². The number of hydrogen-bond acceptors (Lipinski definition) is 6. The standard InChI is InChI=1S/C21H26N4O5S/c1-11(2)9-15(25-21(29)30)19(28)23-14(10-12-7-8-22-18(12)27)17(26)20-24-13-5-3-4-6-16(13)31-20/h3-6,11-12,14-15,25H,7-10H2,1-2H3,(H,22,27)(H,23,28)(H,29,30)/t12-,14-,15-/m0/s1. The summed E-state index contributed by atoms with van der Waals surface area (Å²) in [6.07, 6.45) is -0.330. The number of amides is 3. The molecule has 166 valence electrons. The third-order valence-electron chi connectivity index (χ3n) is 5.14. The summed E-state index contributed by atoms with van der Waals surface area (Å²) in [4.78, 5) is 53.8. The quantitative estimate of drug-likeness (QED) is 0.436. The lowest BCUT2D eigenvalue weighted by Gasteiger charge is -2.23. The van der Waals surface area contributed by atoms with E-state index in [9.17, 15) is 19.2 Å². The number of nitrogens with zero attached hydrogens (tertiary/aromatic N) is 1. The van der Waals surface area contributed by atoms with Crippen LogP contribution >= 0.6 is 11.3 Å². The van der Waals surface area contributed by atoms with Crippen molar-refractivity contribution in [1.82, 2.24) is 20.9 Å². The summed E-state index contributed by atoms with van der Waals surface area (Å²) in [5, 5.41) is 17.0. The van der Waals surface area contributed by atoms with E-state index in [1.807, 2.05) is 32.0 Å². The van der Waals surface area contributed by atoms with Gasteiger partial charge in [0, 0.05) is 12.5 Å². The zero-order valence-electron chi connectivity index (χ0n) is 17.4. The maximum Gasteiger partial charge on any atom is 0.405 e. The minimum absolute atomic E-state index is 0.0571. The van der Waals surface area contributed by atoms with Gasteiger partial charge in [-0.1, -0.05) is 26.0 Å². The number of carbonyl (C=O) groups excluding carboxylic acids is 3. The predicted molar refractivity (Wildman–Crippen MR) is 116 cm³/mol.